The van der Waals surface area contributed by atoms with Crippen LogP contribution in [-0.4, -0.2) is 26.4 Å². The summed E-state index contributed by atoms with van der Waals surface area (Å²) in [5, 5.41) is 12.5. The molecular formula is C24H24N4O2S. The molecule has 6 nitrogen and oxygen atoms in total. The molecule has 0 saturated heterocycles. The maximum Gasteiger partial charge on any atom is 0.234 e. The first kappa shape index (κ1) is 20.9. The third kappa shape index (κ3) is 4.88. The number of amides is 1. The number of aromatic nitrogens is 3. The first-order chi connectivity index (χ1) is 15.0. The van der Waals surface area contributed by atoms with Crippen molar-refractivity contribution in [1.82, 2.24) is 14.8 Å². The molecule has 0 spiro atoms. The highest BCUT2D eigenvalue weighted by molar-refractivity contribution is 7.99. The van der Waals surface area contributed by atoms with Gasteiger partial charge in [-0.2, -0.15) is 0 Å². The quantitative estimate of drug-likeness (QED) is 0.404. The Hall–Kier alpha value is -3.32. The zero-order valence-corrected chi connectivity index (χ0v) is 18.6. The summed E-state index contributed by atoms with van der Waals surface area (Å²) in [6, 6.07) is 18.0. The van der Waals surface area contributed by atoms with Crippen LogP contribution >= 0.6 is 11.8 Å². The van der Waals surface area contributed by atoms with Gasteiger partial charge in [-0.1, -0.05) is 54.2 Å². The van der Waals surface area contributed by atoms with Crippen molar-refractivity contribution >= 4 is 23.4 Å². The van der Waals surface area contributed by atoms with E-state index >= 15 is 0 Å². The van der Waals surface area contributed by atoms with Gasteiger partial charge in [0.1, 0.15) is 5.76 Å². The fourth-order valence-electron chi connectivity index (χ4n) is 3.31. The summed E-state index contributed by atoms with van der Waals surface area (Å²) in [6.45, 7) is 6.50. The van der Waals surface area contributed by atoms with Crippen LogP contribution in [0, 0.1) is 20.8 Å². The molecule has 7 heteroatoms. The number of furan rings is 1. The van der Waals surface area contributed by atoms with Gasteiger partial charge >= 0.3 is 0 Å². The summed E-state index contributed by atoms with van der Waals surface area (Å²) in [5.74, 6) is 1.68. The number of nitrogens with zero attached hydrogens (tertiary/aromatic N) is 3. The summed E-state index contributed by atoms with van der Waals surface area (Å²) < 4.78 is 7.50. The van der Waals surface area contributed by atoms with Gasteiger partial charge in [0.15, 0.2) is 11.0 Å². The van der Waals surface area contributed by atoms with Gasteiger partial charge in [0.2, 0.25) is 5.91 Å². The zero-order chi connectivity index (χ0) is 21.8. The molecule has 0 aliphatic rings. The monoisotopic (exact) mass is 432 g/mol. The number of hydrogen-bond acceptors (Lipinski definition) is 5. The standard InChI is InChI=1S/C24H24N4O2S/c1-16-9-10-17(2)21(13-16)25-22(29)15-31-24-27-26-23(20-11-12-30-18(20)3)28(24)14-19-7-5-4-6-8-19/h4-13H,14-15H2,1-3H3,(H,25,29). The molecule has 0 saturated carbocycles. The summed E-state index contributed by atoms with van der Waals surface area (Å²) >= 11 is 1.37. The molecule has 0 aliphatic carbocycles. The average molecular weight is 433 g/mol. The summed E-state index contributed by atoms with van der Waals surface area (Å²) in [7, 11) is 0. The molecule has 1 N–H and O–H groups in total. The third-order valence-electron chi connectivity index (χ3n) is 5.00. The Kier molecular flexibility index (Phi) is 6.23. The first-order valence-electron chi connectivity index (χ1n) is 10.0. The average Bonchev–Trinajstić information content (AvgIpc) is 3.35. The lowest BCUT2D eigenvalue weighted by Gasteiger charge is -2.11. The second-order valence-corrected chi connectivity index (χ2v) is 8.37. The highest BCUT2D eigenvalue weighted by atomic mass is 32.2. The van der Waals surface area contributed by atoms with E-state index < -0.39 is 0 Å². The molecule has 4 rings (SSSR count). The van der Waals surface area contributed by atoms with Gasteiger partial charge in [0.05, 0.1) is 24.1 Å². The van der Waals surface area contributed by atoms with Crippen LogP contribution < -0.4 is 5.32 Å². The van der Waals surface area contributed by atoms with E-state index in [-0.39, 0.29) is 11.7 Å². The van der Waals surface area contributed by atoms with Gasteiger partial charge < -0.3 is 9.73 Å². The highest BCUT2D eigenvalue weighted by Crippen LogP contribution is 2.28. The Bertz CT molecular complexity index is 1200. The van der Waals surface area contributed by atoms with E-state index in [0.717, 1.165) is 39.5 Å². The summed E-state index contributed by atoms with van der Waals surface area (Å²) in [5.41, 5.74) is 5.01. The van der Waals surface area contributed by atoms with Crippen LogP contribution in [0.25, 0.3) is 11.4 Å². The number of carbonyl (C=O) groups is 1. The second-order valence-electron chi connectivity index (χ2n) is 7.42. The molecule has 0 fully saturated rings. The second kappa shape index (κ2) is 9.22. The Balaban J connectivity index is 1.55. The largest absolute Gasteiger partial charge is 0.469 e. The first-order valence-corrected chi connectivity index (χ1v) is 11.0. The molecule has 1 amide bonds. The van der Waals surface area contributed by atoms with Crippen molar-refractivity contribution in [1.29, 1.82) is 0 Å². The van der Waals surface area contributed by atoms with Crippen LogP contribution in [0.15, 0.2) is 70.4 Å². The molecule has 2 aromatic heterocycles. The minimum absolute atomic E-state index is 0.0750. The van der Waals surface area contributed by atoms with Gasteiger partial charge in [-0.3, -0.25) is 9.36 Å². The maximum atomic E-state index is 12.6. The number of thioether (sulfide) groups is 1. The topological polar surface area (TPSA) is 73.0 Å². The van der Waals surface area contributed by atoms with Gasteiger partial charge in [0.25, 0.3) is 0 Å². The highest BCUT2D eigenvalue weighted by Gasteiger charge is 2.19. The van der Waals surface area contributed by atoms with Crippen molar-refractivity contribution < 1.29 is 9.21 Å². The number of carbonyl (C=O) groups excluding carboxylic acids is 1. The number of nitrogens with one attached hydrogen (secondary N) is 1. The van der Waals surface area contributed by atoms with Crippen LogP contribution in [0.3, 0.4) is 0 Å². The fourth-order valence-corrected chi connectivity index (χ4v) is 4.04. The van der Waals surface area contributed by atoms with Gasteiger partial charge in [-0.15, -0.1) is 10.2 Å². The lowest BCUT2D eigenvalue weighted by molar-refractivity contribution is -0.113. The van der Waals surface area contributed by atoms with E-state index in [9.17, 15) is 4.79 Å². The molecule has 0 unspecified atom stereocenters. The smallest absolute Gasteiger partial charge is 0.234 e. The molecule has 0 aliphatic heterocycles. The Morgan fingerprint density at radius 1 is 1.06 bits per heavy atom. The molecule has 158 valence electrons. The van der Waals surface area contributed by atoms with E-state index in [0.29, 0.717) is 11.7 Å². The van der Waals surface area contributed by atoms with Crippen molar-refractivity contribution in [2.45, 2.75) is 32.5 Å². The van der Waals surface area contributed by atoms with E-state index in [1.54, 1.807) is 6.26 Å². The number of hydrogen-bond donors (Lipinski definition) is 1. The normalized spacial score (nSPS) is 10.9. The van der Waals surface area contributed by atoms with Gasteiger partial charge in [0, 0.05) is 5.69 Å². The minimum Gasteiger partial charge on any atom is -0.469 e. The SMILES string of the molecule is Cc1ccc(C)c(NC(=O)CSc2nnc(-c3ccoc3C)n2Cc2ccccc2)c1. The Morgan fingerprint density at radius 3 is 2.61 bits per heavy atom. The molecular weight excluding hydrogens is 408 g/mol. The lowest BCUT2D eigenvalue weighted by Crippen LogP contribution is -2.15. The number of anilines is 1. The predicted octanol–water partition coefficient (Wildman–Crippen LogP) is 5.24. The predicted molar refractivity (Wildman–Crippen MR) is 123 cm³/mol. The van der Waals surface area contributed by atoms with Gasteiger partial charge in [-0.05, 0) is 49.6 Å². The Labute approximate surface area is 185 Å². The zero-order valence-electron chi connectivity index (χ0n) is 17.8. The number of rotatable bonds is 7. The van der Waals surface area contributed by atoms with Crippen molar-refractivity contribution in [2.24, 2.45) is 0 Å². The van der Waals surface area contributed by atoms with Crippen LogP contribution in [0.1, 0.15) is 22.5 Å². The minimum atomic E-state index is -0.0750. The lowest BCUT2D eigenvalue weighted by atomic mass is 10.1. The van der Waals surface area contributed by atoms with E-state index in [1.807, 2.05) is 67.8 Å². The third-order valence-corrected chi connectivity index (χ3v) is 5.97. The fraction of sp³-hybridized carbons (Fsp3) is 0.208. The van der Waals surface area contributed by atoms with Crippen molar-refractivity contribution in [2.75, 3.05) is 11.1 Å². The molecule has 31 heavy (non-hydrogen) atoms. The van der Waals surface area contributed by atoms with Crippen LogP contribution in [0.4, 0.5) is 5.69 Å². The molecule has 2 aromatic carbocycles. The molecule has 4 aromatic rings. The van der Waals surface area contributed by atoms with Crippen molar-refractivity contribution in [3.05, 3.63) is 83.3 Å². The molecule has 0 radical (unpaired) electrons. The maximum absolute atomic E-state index is 12.6. The van der Waals surface area contributed by atoms with Crippen LogP contribution in [0.5, 0.6) is 0 Å². The number of aryl methyl sites for hydroxylation is 3. The molecule has 0 bridgehead atoms. The van der Waals surface area contributed by atoms with E-state index in [4.69, 9.17) is 4.42 Å². The van der Waals surface area contributed by atoms with Crippen molar-refractivity contribution in [3.8, 4) is 11.4 Å². The molecule has 2 heterocycles. The van der Waals surface area contributed by atoms with E-state index in [2.05, 4.69) is 27.6 Å². The summed E-state index contributed by atoms with van der Waals surface area (Å²) in [6.07, 6.45) is 1.65. The van der Waals surface area contributed by atoms with Gasteiger partial charge in [-0.25, -0.2) is 0 Å². The van der Waals surface area contributed by atoms with E-state index in [1.165, 1.54) is 11.8 Å². The van der Waals surface area contributed by atoms with Crippen LogP contribution in [0.2, 0.25) is 0 Å². The summed E-state index contributed by atoms with van der Waals surface area (Å²) in [4.78, 5) is 12.6. The number of benzene rings is 2. The van der Waals surface area contributed by atoms with Crippen LogP contribution in [-0.2, 0) is 11.3 Å². The Morgan fingerprint density at radius 2 is 1.87 bits per heavy atom. The van der Waals surface area contributed by atoms with Crippen molar-refractivity contribution in [3.63, 3.8) is 0 Å². The molecule has 0 atom stereocenters.